The first-order valence-corrected chi connectivity index (χ1v) is 6.34. The zero-order valence-electron chi connectivity index (χ0n) is 11.5. The van der Waals surface area contributed by atoms with Crippen molar-refractivity contribution in [2.75, 3.05) is 11.9 Å². The first kappa shape index (κ1) is 13.2. The van der Waals surface area contributed by atoms with Crippen LogP contribution in [0.15, 0.2) is 24.3 Å². The molecule has 3 rings (SSSR count). The summed E-state index contributed by atoms with van der Waals surface area (Å²) in [4.78, 5) is 24.3. The van der Waals surface area contributed by atoms with Crippen LogP contribution in [-0.4, -0.2) is 40.3 Å². The highest BCUT2D eigenvalue weighted by atomic mass is 16.5. The zero-order chi connectivity index (χ0) is 15.1. The van der Waals surface area contributed by atoms with Gasteiger partial charge in [-0.05, 0) is 31.2 Å². The Balaban J connectivity index is 2.03. The number of carbonyl (C=O) groups excluding carboxylic acids is 1. The minimum Gasteiger partial charge on any atom is -0.479 e. The number of rotatable bonds is 2. The third-order valence-corrected chi connectivity index (χ3v) is 3.41. The summed E-state index contributed by atoms with van der Waals surface area (Å²) in [5.41, 5.74) is 1.84. The number of carbonyl (C=O) groups is 2. The molecule has 1 amide bonds. The average molecular weight is 287 g/mol. The molecule has 0 saturated heterocycles. The molecule has 1 aliphatic heterocycles. The summed E-state index contributed by atoms with van der Waals surface area (Å²) in [6.07, 6.45) is -0.516. The van der Waals surface area contributed by atoms with Gasteiger partial charge in [-0.1, -0.05) is 0 Å². The first-order chi connectivity index (χ1) is 9.97. The molecule has 1 aliphatic rings. The molecule has 2 heterocycles. The second-order valence-corrected chi connectivity index (χ2v) is 4.81. The molecule has 0 radical (unpaired) electrons. The normalized spacial score (nSPS) is 17.3. The molecule has 1 aromatic carbocycles. The van der Waals surface area contributed by atoms with E-state index >= 15 is 0 Å². The molecule has 2 N–H and O–H groups in total. The van der Waals surface area contributed by atoms with E-state index < -0.39 is 12.1 Å². The van der Waals surface area contributed by atoms with E-state index in [4.69, 9.17) is 9.84 Å². The Morgan fingerprint density at radius 2 is 2.19 bits per heavy atom. The van der Waals surface area contributed by atoms with Crippen molar-refractivity contribution in [3.63, 3.8) is 0 Å². The molecule has 21 heavy (non-hydrogen) atoms. The third kappa shape index (κ3) is 2.12. The van der Waals surface area contributed by atoms with E-state index in [9.17, 15) is 9.59 Å². The standard InChI is InChI=1S/C14H13N3O4/c1-7-13(18)17(2)11-5-8(3-4-12(11)21-7)9-6-10(14(19)20)16-15-9/h3-7H,1-2H3,(H,15,16)(H,19,20). The van der Waals surface area contributed by atoms with Crippen molar-refractivity contribution in [1.82, 2.24) is 10.2 Å². The largest absolute Gasteiger partial charge is 0.479 e. The van der Waals surface area contributed by atoms with Crippen molar-refractivity contribution >= 4 is 17.6 Å². The molecule has 108 valence electrons. The number of hydrogen-bond donors (Lipinski definition) is 2. The Kier molecular flexibility index (Phi) is 2.90. The molecule has 1 aromatic heterocycles. The summed E-state index contributed by atoms with van der Waals surface area (Å²) in [6.45, 7) is 1.70. The zero-order valence-corrected chi connectivity index (χ0v) is 11.5. The van der Waals surface area contributed by atoms with E-state index in [0.717, 1.165) is 0 Å². The van der Waals surface area contributed by atoms with Gasteiger partial charge < -0.3 is 14.7 Å². The summed E-state index contributed by atoms with van der Waals surface area (Å²) >= 11 is 0. The number of aromatic amines is 1. The molecular weight excluding hydrogens is 274 g/mol. The fourth-order valence-electron chi connectivity index (χ4n) is 2.25. The summed E-state index contributed by atoms with van der Waals surface area (Å²) in [7, 11) is 1.68. The number of benzene rings is 1. The number of hydrogen-bond acceptors (Lipinski definition) is 4. The van der Waals surface area contributed by atoms with Gasteiger partial charge in [0.2, 0.25) is 0 Å². The van der Waals surface area contributed by atoms with Crippen LogP contribution in [0.5, 0.6) is 5.75 Å². The van der Waals surface area contributed by atoms with Crippen LogP contribution >= 0.6 is 0 Å². The molecule has 1 atom stereocenters. The van der Waals surface area contributed by atoms with Crippen molar-refractivity contribution in [2.45, 2.75) is 13.0 Å². The molecule has 0 aliphatic carbocycles. The van der Waals surface area contributed by atoms with Gasteiger partial charge >= 0.3 is 5.97 Å². The third-order valence-electron chi connectivity index (χ3n) is 3.41. The van der Waals surface area contributed by atoms with Crippen LogP contribution in [0.25, 0.3) is 11.3 Å². The molecular formula is C14H13N3O4. The van der Waals surface area contributed by atoms with E-state index in [0.29, 0.717) is 22.7 Å². The molecule has 1 unspecified atom stereocenters. The maximum atomic E-state index is 11.9. The number of likely N-dealkylation sites (N-methyl/N-ethyl adjacent to an activating group) is 1. The van der Waals surface area contributed by atoms with Gasteiger partial charge in [-0.25, -0.2) is 4.79 Å². The summed E-state index contributed by atoms with van der Waals surface area (Å²) in [5.74, 6) is -0.591. The maximum absolute atomic E-state index is 11.9. The van der Waals surface area contributed by atoms with Crippen LogP contribution in [-0.2, 0) is 4.79 Å². The summed E-state index contributed by atoms with van der Waals surface area (Å²) < 4.78 is 5.54. The molecule has 0 fully saturated rings. The number of nitrogens with one attached hydrogen (secondary N) is 1. The van der Waals surface area contributed by atoms with Gasteiger partial charge in [0.15, 0.2) is 6.10 Å². The predicted octanol–water partition coefficient (Wildman–Crippen LogP) is 1.52. The van der Waals surface area contributed by atoms with E-state index in [1.165, 1.54) is 11.0 Å². The number of anilines is 1. The number of amides is 1. The van der Waals surface area contributed by atoms with Crippen molar-refractivity contribution in [3.8, 4) is 17.0 Å². The number of H-pyrrole nitrogens is 1. The topological polar surface area (TPSA) is 95.5 Å². The van der Waals surface area contributed by atoms with E-state index in [1.54, 1.807) is 32.2 Å². The monoisotopic (exact) mass is 287 g/mol. The highest BCUT2D eigenvalue weighted by Crippen LogP contribution is 2.36. The van der Waals surface area contributed by atoms with Crippen LogP contribution in [0.3, 0.4) is 0 Å². The van der Waals surface area contributed by atoms with E-state index in [2.05, 4.69) is 10.2 Å². The van der Waals surface area contributed by atoms with Gasteiger partial charge in [0.05, 0.1) is 11.4 Å². The summed E-state index contributed by atoms with van der Waals surface area (Å²) in [5, 5.41) is 15.3. The Bertz CT molecular complexity index is 738. The SMILES string of the molecule is CC1Oc2ccc(-c3cc(C(=O)O)[nH]n3)cc2N(C)C1=O. The van der Waals surface area contributed by atoms with Crippen molar-refractivity contribution < 1.29 is 19.4 Å². The Morgan fingerprint density at radius 1 is 1.43 bits per heavy atom. The number of aromatic nitrogens is 2. The molecule has 0 bridgehead atoms. The second kappa shape index (κ2) is 4.62. The number of ether oxygens (including phenoxy) is 1. The lowest BCUT2D eigenvalue weighted by molar-refractivity contribution is -0.125. The lowest BCUT2D eigenvalue weighted by atomic mass is 10.1. The van der Waals surface area contributed by atoms with Crippen molar-refractivity contribution in [3.05, 3.63) is 30.0 Å². The van der Waals surface area contributed by atoms with Gasteiger partial charge in [-0.3, -0.25) is 9.89 Å². The molecule has 0 saturated carbocycles. The molecule has 0 spiro atoms. The smallest absolute Gasteiger partial charge is 0.353 e. The maximum Gasteiger partial charge on any atom is 0.353 e. The highest BCUT2D eigenvalue weighted by Gasteiger charge is 2.29. The lowest BCUT2D eigenvalue weighted by Gasteiger charge is -2.30. The molecule has 2 aromatic rings. The van der Waals surface area contributed by atoms with Crippen LogP contribution in [0.2, 0.25) is 0 Å². The predicted molar refractivity (Wildman–Crippen MR) is 74.5 cm³/mol. The fraction of sp³-hybridized carbons (Fsp3) is 0.214. The number of fused-ring (bicyclic) bond motifs is 1. The second-order valence-electron chi connectivity index (χ2n) is 4.81. The minimum absolute atomic E-state index is 0.0111. The van der Waals surface area contributed by atoms with Gasteiger partial charge in [-0.15, -0.1) is 0 Å². The van der Waals surface area contributed by atoms with Gasteiger partial charge in [-0.2, -0.15) is 5.10 Å². The van der Waals surface area contributed by atoms with Gasteiger partial charge in [0, 0.05) is 12.6 Å². The number of carboxylic acid groups (broad SMARTS) is 1. The Labute approximate surface area is 120 Å². The fourth-order valence-corrected chi connectivity index (χ4v) is 2.25. The molecule has 7 nitrogen and oxygen atoms in total. The Hall–Kier alpha value is -2.83. The lowest BCUT2D eigenvalue weighted by Crippen LogP contribution is -2.41. The highest BCUT2D eigenvalue weighted by molar-refractivity contribution is 6.00. The van der Waals surface area contributed by atoms with Crippen LogP contribution < -0.4 is 9.64 Å². The summed E-state index contributed by atoms with van der Waals surface area (Å²) in [6, 6.07) is 6.72. The van der Waals surface area contributed by atoms with Crippen LogP contribution in [0, 0.1) is 0 Å². The number of aromatic carboxylic acids is 1. The van der Waals surface area contributed by atoms with Crippen LogP contribution in [0.1, 0.15) is 17.4 Å². The van der Waals surface area contributed by atoms with Gasteiger partial charge in [0.25, 0.3) is 5.91 Å². The number of nitrogens with zero attached hydrogens (tertiary/aromatic N) is 2. The first-order valence-electron chi connectivity index (χ1n) is 6.34. The van der Waals surface area contributed by atoms with E-state index in [-0.39, 0.29) is 11.6 Å². The van der Waals surface area contributed by atoms with Crippen LogP contribution in [0.4, 0.5) is 5.69 Å². The molecule has 7 heteroatoms. The van der Waals surface area contributed by atoms with Crippen molar-refractivity contribution in [1.29, 1.82) is 0 Å². The van der Waals surface area contributed by atoms with E-state index in [1.807, 2.05) is 0 Å². The minimum atomic E-state index is -1.07. The Morgan fingerprint density at radius 3 is 2.86 bits per heavy atom. The van der Waals surface area contributed by atoms with Gasteiger partial charge in [0.1, 0.15) is 11.4 Å². The number of carboxylic acids is 1. The quantitative estimate of drug-likeness (QED) is 0.873. The average Bonchev–Trinajstić information content (AvgIpc) is 2.95. The van der Waals surface area contributed by atoms with Crippen molar-refractivity contribution in [2.24, 2.45) is 0 Å².